The minimum absolute atomic E-state index is 0.0570. The number of carbonyl (C=O) groups is 1. The molecule has 0 aromatic carbocycles. The van der Waals surface area contributed by atoms with E-state index in [-0.39, 0.29) is 6.42 Å². The Balaban J connectivity index is 2.71. The summed E-state index contributed by atoms with van der Waals surface area (Å²) >= 11 is 0. The highest BCUT2D eigenvalue weighted by Gasteiger charge is 2.12. The zero-order valence-electron chi connectivity index (χ0n) is 7.78. The first-order valence-corrected chi connectivity index (χ1v) is 4.23. The molecule has 0 atom stereocenters. The molecule has 72 valence electrons. The molecule has 1 aromatic heterocycles. The monoisotopic (exact) mass is 183 g/mol. The predicted octanol–water partition coefficient (Wildman–Crippen LogP) is 1.50. The Kier molecular flexibility index (Phi) is 3.06. The average molecular weight is 183 g/mol. The number of aromatic nitrogens is 1. The van der Waals surface area contributed by atoms with Crippen molar-refractivity contribution in [2.75, 3.05) is 0 Å². The number of carboxylic acid groups (broad SMARTS) is 1. The standard InChI is InChI=1S/C9H13NO3/c1-6(2)3-7-5-13-10-8(7)4-9(11)12/h5-6H,3-4H2,1-2H3,(H,11,12). The van der Waals surface area contributed by atoms with Crippen molar-refractivity contribution in [3.63, 3.8) is 0 Å². The Morgan fingerprint density at radius 1 is 1.69 bits per heavy atom. The van der Waals surface area contributed by atoms with Crippen molar-refractivity contribution in [1.82, 2.24) is 5.16 Å². The maximum Gasteiger partial charge on any atom is 0.309 e. The van der Waals surface area contributed by atoms with Crippen LogP contribution in [0.3, 0.4) is 0 Å². The summed E-state index contributed by atoms with van der Waals surface area (Å²) in [6.45, 7) is 4.13. The molecule has 0 spiro atoms. The number of rotatable bonds is 4. The molecule has 0 saturated carbocycles. The first-order valence-electron chi connectivity index (χ1n) is 4.23. The molecule has 1 rings (SSSR count). The first-order chi connectivity index (χ1) is 6.09. The normalized spacial score (nSPS) is 10.7. The van der Waals surface area contributed by atoms with E-state index in [9.17, 15) is 4.79 Å². The second-order valence-corrected chi connectivity index (χ2v) is 3.45. The number of hydrogen-bond acceptors (Lipinski definition) is 3. The van der Waals surface area contributed by atoms with E-state index in [4.69, 9.17) is 9.63 Å². The van der Waals surface area contributed by atoms with Gasteiger partial charge in [-0.2, -0.15) is 0 Å². The lowest BCUT2D eigenvalue weighted by Gasteiger charge is -2.01. The maximum atomic E-state index is 10.4. The van der Waals surface area contributed by atoms with Gasteiger partial charge in [-0.05, 0) is 12.3 Å². The summed E-state index contributed by atoms with van der Waals surface area (Å²) in [4.78, 5) is 10.4. The molecule has 0 saturated heterocycles. The van der Waals surface area contributed by atoms with Crippen LogP contribution in [0.5, 0.6) is 0 Å². The lowest BCUT2D eigenvalue weighted by Crippen LogP contribution is -2.04. The highest BCUT2D eigenvalue weighted by atomic mass is 16.5. The highest BCUT2D eigenvalue weighted by Crippen LogP contribution is 2.12. The second-order valence-electron chi connectivity index (χ2n) is 3.45. The third-order valence-electron chi connectivity index (χ3n) is 1.68. The minimum atomic E-state index is -0.876. The molecular formula is C9H13NO3. The van der Waals surface area contributed by atoms with Gasteiger partial charge in [0.25, 0.3) is 0 Å². The summed E-state index contributed by atoms with van der Waals surface area (Å²) in [6, 6.07) is 0. The van der Waals surface area contributed by atoms with Gasteiger partial charge in [-0.1, -0.05) is 19.0 Å². The molecule has 4 heteroatoms. The first kappa shape index (κ1) is 9.77. The summed E-state index contributed by atoms with van der Waals surface area (Å²) in [5, 5.41) is 12.2. The molecular weight excluding hydrogens is 170 g/mol. The van der Waals surface area contributed by atoms with Crippen LogP contribution in [0.2, 0.25) is 0 Å². The van der Waals surface area contributed by atoms with Crippen LogP contribution in [0.1, 0.15) is 25.1 Å². The van der Waals surface area contributed by atoms with Gasteiger partial charge in [0.05, 0.1) is 12.1 Å². The van der Waals surface area contributed by atoms with Crippen LogP contribution in [0.15, 0.2) is 10.8 Å². The lowest BCUT2D eigenvalue weighted by atomic mass is 10.0. The number of carboxylic acids is 1. The van der Waals surface area contributed by atoms with Gasteiger partial charge >= 0.3 is 5.97 Å². The van der Waals surface area contributed by atoms with Crippen LogP contribution in [0.25, 0.3) is 0 Å². The number of nitrogens with zero attached hydrogens (tertiary/aromatic N) is 1. The molecule has 1 heterocycles. The van der Waals surface area contributed by atoms with Crippen molar-refractivity contribution in [2.45, 2.75) is 26.7 Å². The molecule has 1 N–H and O–H groups in total. The maximum absolute atomic E-state index is 10.4. The Labute approximate surface area is 76.5 Å². The third kappa shape index (κ3) is 2.89. The van der Waals surface area contributed by atoms with Crippen molar-refractivity contribution < 1.29 is 14.4 Å². The van der Waals surface area contributed by atoms with Gasteiger partial charge in [0.15, 0.2) is 0 Å². The topological polar surface area (TPSA) is 63.3 Å². The quantitative estimate of drug-likeness (QED) is 0.768. The molecule has 4 nitrogen and oxygen atoms in total. The van der Waals surface area contributed by atoms with Crippen molar-refractivity contribution in [3.05, 3.63) is 17.5 Å². The van der Waals surface area contributed by atoms with E-state index in [1.807, 2.05) is 0 Å². The van der Waals surface area contributed by atoms with E-state index < -0.39 is 5.97 Å². The largest absolute Gasteiger partial charge is 0.481 e. The summed E-state index contributed by atoms with van der Waals surface area (Å²) in [5.74, 6) is -0.397. The minimum Gasteiger partial charge on any atom is -0.481 e. The zero-order chi connectivity index (χ0) is 9.84. The Hall–Kier alpha value is -1.32. The van der Waals surface area contributed by atoms with Crippen LogP contribution in [0, 0.1) is 5.92 Å². The van der Waals surface area contributed by atoms with E-state index in [0.29, 0.717) is 11.6 Å². The fourth-order valence-corrected chi connectivity index (χ4v) is 1.18. The molecule has 1 aromatic rings. The molecule has 0 amide bonds. The summed E-state index contributed by atoms with van der Waals surface area (Å²) in [7, 11) is 0. The lowest BCUT2D eigenvalue weighted by molar-refractivity contribution is -0.136. The van der Waals surface area contributed by atoms with Gasteiger partial charge in [0.1, 0.15) is 6.26 Å². The van der Waals surface area contributed by atoms with Crippen LogP contribution in [-0.2, 0) is 17.6 Å². The number of aliphatic carboxylic acids is 1. The van der Waals surface area contributed by atoms with Crippen LogP contribution in [0.4, 0.5) is 0 Å². The van der Waals surface area contributed by atoms with Gasteiger partial charge in [-0.25, -0.2) is 0 Å². The molecule has 0 aliphatic heterocycles. The Morgan fingerprint density at radius 2 is 2.38 bits per heavy atom. The summed E-state index contributed by atoms with van der Waals surface area (Å²) in [6.07, 6.45) is 2.28. The number of hydrogen-bond donors (Lipinski definition) is 1. The fourth-order valence-electron chi connectivity index (χ4n) is 1.18. The fraction of sp³-hybridized carbons (Fsp3) is 0.556. The van der Waals surface area contributed by atoms with E-state index in [2.05, 4.69) is 19.0 Å². The Morgan fingerprint density at radius 3 is 2.92 bits per heavy atom. The molecule has 0 unspecified atom stereocenters. The summed E-state index contributed by atoms with van der Waals surface area (Å²) in [5.41, 5.74) is 1.44. The van der Waals surface area contributed by atoms with Crippen molar-refractivity contribution in [1.29, 1.82) is 0 Å². The average Bonchev–Trinajstić information content (AvgIpc) is 2.34. The van der Waals surface area contributed by atoms with Gasteiger partial charge in [0, 0.05) is 5.56 Å². The van der Waals surface area contributed by atoms with Crippen LogP contribution >= 0.6 is 0 Å². The second kappa shape index (κ2) is 4.07. The summed E-state index contributed by atoms with van der Waals surface area (Å²) < 4.78 is 4.73. The van der Waals surface area contributed by atoms with Crippen LogP contribution < -0.4 is 0 Å². The molecule has 0 radical (unpaired) electrons. The van der Waals surface area contributed by atoms with Gasteiger partial charge in [0.2, 0.25) is 0 Å². The smallest absolute Gasteiger partial charge is 0.309 e. The van der Waals surface area contributed by atoms with Crippen LogP contribution in [-0.4, -0.2) is 16.2 Å². The SMILES string of the molecule is CC(C)Cc1conc1CC(=O)O. The van der Waals surface area contributed by atoms with Gasteiger partial charge < -0.3 is 9.63 Å². The van der Waals surface area contributed by atoms with E-state index in [1.165, 1.54) is 6.26 Å². The molecule has 0 bridgehead atoms. The van der Waals surface area contributed by atoms with Crippen molar-refractivity contribution in [2.24, 2.45) is 5.92 Å². The zero-order valence-corrected chi connectivity index (χ0v) is 7.78. The van der Waals surface area contributed by atoms with E-state index >= 15 is 0 Å². The molecule has 0 aliphatic rings. The molecule has 0 fully saturated rings. The third-order valence-corrected chi connectivity index (χ3v) is 1.68. The highest BCUT2D eigenvalue weighted by molar-refractivity contribution is 5.69. The van der Waals surface area contributed by atoms with Crippen molar-refractivity contribution in [3.8, 4) is 0 Å². The van der Waals surface area contributed by atoms with Gasteiger partial charge in [-0.15, -0.1) is 0 Å². The molecule has 13 heavy (non-hydrogen) atoms. The Bertz CT molecular complexity index is 291. The van der Waals surface area contributed by atoms with Gasteiger partial charge in [-0.3, -0.25) is 4.79 Å². The molecule has 0 aliphatic carbocycles. The predicted molar refractivity (Wildman–Crippen MR) is 46.4 cm³/mol. The van der Waals surface area contributed by atoms with E-state index in [0.717, 1.165) is 12.0 Å². The van der Waals surface area contributed by atoms with Crippen molar-refractivity contribution >= 4 is 5.97 Å². The van der Waals surface area contributed by atoms with E-state index in [1.54, 1.807) is 0 Å².